The number of tetrazole rings is 1. The van der Waals surface area contributed by atoms with E-state index in [2.05, 4.69) is 81.7 Å². The zero-order valence-electron chi connectivity index (χ0n) is 25.0. The second-order valence-corrected chi connectivity index (χ2v) is 24.8. The molecule has 0 saturated carbocycles. The Kier molecular flexibility index (Phi) is 8.57. The van der Waals surface area contributed by atoms with Crippen LogP contribution in [0.2, 0.25) is 14.8 Å². The molecule has 0 atom stereocenters. The van der Waals surface area contributed by atoms with Gasteiger partial charge in [-0.05, 0) is 13.8 Å². The number of aryl methyl sites for hydroxylation is 2. The van der Waals surface area contributed by atoms with Crippen LogP contribution in [-0.4, -0.2) is 68.8 Å². The number of rotatable bonds is 10. The molecule has 0 saturated heterocycles. The standard InChI is InChI=1S/C27H27N8O3.3CH3.Sn/c1-4-8-23-22(26-31-34(16-24(36)38-5-2)27(37)35(26)17(3)28-23)15-18-11-13-19(14-12-18)20-9-6-7-10-21(20)25-29-32-33-30-25;;;;/h6-7,9-14H,4-5,8,15-16H2,1-3H3;3*1H3;/q-1;;;;+1. The second-order valence-electron chi connectivity index (χ2n) is 11.2. The van der Waals surface area contributed by atoms with Crippen LogP contribution in [0.3, 0.4) is 0 Å². The molecule has 0 aliphatic rings. The maximum atomic E-state index is 13.2. The molecule has 5 aromatic rings. The van der Waals surface area contributed by atoms with Crippen LogP contribution >= 0.6 is 0 Å². The third-order valence-corrected chi connectivity index (χ3v) is 11.6. The molecule has 218 valence electrons. The molecule has 0 aliphatic heterocycles. The molecule has 0 unspecified atom stereocenters. The van der Waals surface area contributed by atoms with Crippen molar-refractivity contribution >= 4 is 30.3 Å². The zero-order chi connectivity index (χ0) is 30.0. The third-order valence-electron chi connectivity index (χ3n) is 7.07. The van der Waals surface area contributed by atoms with E-state index in [4.69, 9.17) is 9.72 Å². The Morgan fingerprint density at radius 2 is 1.71 bits per heavy atom. The molecule has 0 spiro atoms. The normalized spacial score (nSPS) is 11.8. The van der Waals surface area contributed by atoms with Crippen LogP contribution in [0.5, 0.6) is 0 Å². The quantitative estimate of drug-likeness (QED) is 0.159. The number of esters is 1. The SMILES string of the molecule is CCCc1nc(C)n2c(=O)n(CC(=O)OCC)nc2c1Cc1ccc(-c2ccccc2-c2nnn[n]2[Sn]([CH3])([CH3])[CH3])cc1. The van der Waals surface area contributed by atoms with Gasteiger partial charge >= 0.3 is 184 Å². The third kappa shape index (κ3) is 5.87. The number of fused-ring (bicyclic) bond motifs is 1. The predicted molar refractivity (Wildman–Crippen MR) is 163 cm³/mol. The van der Waals surface area contributed by atoms with E-state index in [0.717, 1.165) is 56.9 Å². The molecule has 0 amide bonds. The molecule has 12 heteroatoms. The topological polar surface area (TPSA) is 122 Å². The average molecular weight is 675 g/mol. The van der Waals surface area contributed by atoms with Gasteiger partial charge in [0.15, 0.2) is 0 Å². The second kappa shape index (κ2) is 12.2. The van der Waals surface area contributed by atoms with E-state index < -0.39 is 30.3 Å². The first kappa shape index (κ1) is 29.6. The van der Waals surface area contributed by atoms with Gasteiger partial charge in [0, 0.05) is 0 Å². The van der Waals surface area contributed by atoms with Gasteiger partial charge in [-0.15, -0.1) is 0 Å². The van der Waals surface area contributed by atoms with Crippen LogP contribution < -0.4 is 5.69 Å². The fraction of sp³-hybridized carbons (Fsp3) is 0.367. The molecule has 2 aromatic carbocycles. The summed E-state index contributed by atoms with van der Waals surface area (Å²) in [5.74, 6) is 0.852. The van der Waals surface area contributed by atoms with Crippen molar-refractivity contribution in [1.29, 1.82) is 0 Å². The van der Waals surface area contributed by atoms with Gasteiger partial charge in [0.1, 0.15) is 12.4 Å². The number of carbonyl (C=O) groups is 1. The van der Waals surface area contributed by atoms with E-state index in [0.29, 0.717) is 17.9 Å². The van der Waals surface area contributed by atoms with E-state index in [9.17, 15) is 9.59 Å². The first-order valence-corrected chi connectivity index (χ1v) is 24.1. The molecule has 0 radical (unpaired) electrons. The molecule has 0 N–H and O–H groups in total. The molecule has 3 aromatic heterocycles. The molecule has 0 aliphatic carbocycles. The molecule has 0 bridgehead atoms. The molecular formula is C30H36N8O3Sn. The number of benzene rings is 2. The van der Waals surface area contributed by atoms with Gasteiger partial charge in [0.2, 0.25) is 0 Å². The summed E-state index contributed by atoms with van der Waals surface area (Å²) in [4.78, 5) is 36.9. The van der Waals surface area contributed by atoms with E-state index in [-0.39, 0.29) is 13.2 Å². The number of carbonyl (C=O) groups excluding carboxylic acids is 1. The van der Waals surface area contributed by atoms with Gasteiger partial charge < -0.3 is 4.74 Å². The van der Waals surface area contributed by atoms with Crippen molar-refractivity contribution in [3.8, 4) is 22.5 Å². The van der Waals surface area contributed by atoms with Gasteiger partial charge in [0.05, 0.1) is 6.61 Å². The number of hydrogen-bond acceptors (Lipinski definition) is 8. The summed E-state index contributed by atoms with van der Waals surface area (Å²) in [6.45, 7) is 5.62. The van der Waals surface area contributed by atoms with Crippen molar-refractivity contribution in [2.45, 2.75) is 61.4 Å². The summed E-state index contributed by atoms with van der Waals surface area (Å²) in [6, 6.07) is 16.6. The van der Waals surface area contributed by atoms with E-state index in [1.54, 1.807) is 13.8 Å². The molecule has 42 heavy (non-hydrogen) atoms. The fourth-order valence-corrected chi connectivity index (χ4v) is 8.30. The first-order chi connectivity index (χ1) is 20.1. The minimum atomic E-state index is -2.62. The van der Waals surface area contributed by atoms with Crippen LogP contribution in [0, 0.1) is 6.92 Å². The number of ether oxygens (including phenoxy) is 1. The van der Waals surface area contributed by atoms with E-state index >= 15 is 0 Å². The molecule has 0 fully saturated rings. The monoisotopic (exact) mass is 676 g/mol. The Labute approximate surface area is 248 Å². The number of nitrogens with zero attached hydrogens (tertiary/aromatic N) is 8. The molecular weight excluding hydrogens is 639 g/mol. The maximum absolute atomic E-state index is 13.2. The summed E-state index contributed by atoms with van der Waals surface area (Å²) >= 11 is -2.62. The van der Waals surface area contributed by atoms with Crippen LogP contribution in [-0.2, 0) is 28.9 Å². The Balaban J connectivity index is 1.52. The summed E-state index contributed by atoms with van der Waals surface area (Å²) < 4.78 is 9.75. The first-order valence-electron chi connectivity index (χ1n) is 14.2. The summed E-state index contributed by atoms with van der Waals surface area (Å²) in [5, 5.41) is 17.3. The van der Waals surface area contributed by atoms with Crippen molar-refractivity contribution in [1.82, 2.24) is 37.6 Å². The number of aromatic nitrogens is 8. The Hall–Kier alpha value is -3.87. The van der Waals surface area contributed by atoms with Crippen LogP contribution in [0.15, 0.2) is 53.3 Å². The Morgan fingerprint density at radius 1 is 1.00 bits per heavy atom. The van der Waals surface area contributed by atoms with Crippen molar-refractivity contribution in [2.75, 3.05) is 6.61 Å². The fourth-order valence-electron chi connectivity index (χ4n) is 5.14. The Morgan fingerprint density at radius 3 is 2.38 bits per heavy atom. The van der Waals surface area contributed by atoms with Crippen molar-refractivity contribution < 1.29 is 9.53 Å². The van der Waals surface area contributed by atoms with Gasteiger partial charge in [-0.1, -0.05) is 13.3 Å². The van der Waals surface area contributed by atoms with Gasteiger partial charge in [0.25, 0.3) is 0 Å². The average Bonchev–Trinajstić information content (AvgIpc) is 3.57. The zero-order valence-corrected chi connectivity index (χ0v) is 27.8. The Bertz CT molecular complexity index is 1800. The molecule has 11 nitrogen and oxygen atoms in total. The van der Waals surface area contributed by atoms with Crippen molar-refractivity contribution in [3.05, 3.63) is 81.7 Å². The molecule has 5 rings (SSSR count). The summed E-state index contributed by atoms with van der Waals surface area (Å²) in [6.07, 6.45) is 2.20. The van der Waals surface area contributed by atoms with Gasteiger partial charge in [-0.2, -0.15) is 0 Å². The summed E-state index contributed by atoms with van der Waals surface area (Å²) in [7, 11) is 0. The summed E-state index contributed by atoms with van der Waals surface area (Å²) in [5.41, 5.74) is 6.09. The van der Waals surface area contributed by atoms with E-state index in [1.165, 1.54) is 4.40 Å². The van der Waals surface area contributed by atoms with Crippen molar-refractivity contribution in [3.63, 3.8) is 0 Å². The molecule has 3 heterocycles. The van der Waals surface area contributed by atoms with Crippen LogP contribution in [0.25, 0.3) is 28.2 Å². The minimum absolute atomic E-state index is 0.240. The number of hydrogen-bond donors (Lipinski definition) is 0. The van der Waals surface area contributed by atoms with E-state index in [1.807, 2.05) is 12.1 Å². The van der Waals surface area contributed by atoms with Gasteiger partial charge in [-0.3, -0.25) is 4.79 Å². The van der Waals surface area contributed by atoms with Crippen LogP contribution in [0.1, 0.15) is 42.9 Å². The van der Waals surface area contributed by atoms with Gasteiger partial charge in [-0.25, -0.2) is 9.48 Å². The predicted octanol–water partition coefficient (Wildman–Crippen LogP) is 4.31. The van der Waals surface area contributed by atoms with Crippen molar-refractivity contribution in [2.24, 2.45) is 0 Å². The van der Waals surface area contributed by atoms with Crippen LogP contribution in [0.4, 0.5) is 0 Å².